The number of likely N-dealkylation sites (N-methyl/N-ethyl adjacent to an activating group) is 1. The highest BCUT2D eigenvalue weighted by Gasteiger charge is 2.28. The fourth-order valence-electron chi connectivity index (χ4n) is 3.74. The summed E-state index contributed by atoms with van der Waals surface area (Å²) in [6, 6.07) is 11.7. The summed E-state index contributed by atoms with van der Waals surface area (Å²) in [6.45, 7) is 0.999. The highest BCUT2D eigenvalue weighted by molar-refractivity contribution is 5.97. The van der Waals surface area contributed by atoms with Crippen molar-refractivity contribution >= 4 is 22.6 Å². The monoisotopic (exact) mass is 477 g/mol. The molecule has 4 aromatic rings. The maximum Gasteiger partial charge on any atom is 0.269 e. The molecule has 9 nitrogen and oxygen atoms in total. The van der Waals surface area contributed by atoms with E-state index >= 15 is 4.39 Å². The molecule has 3 heterocycles. The smallest absolute Gasteiger partial charge is 0.269 e. The molecule has 1 aliphatic rings. The number of para-hydroxylation sites is 2. The molecule has 1 atom stereocenters. The summed E-state index contributed by atoms with van der Waals surface area (Å²) in [6.07, 6.45) is 2.19. The maximum absolute atomic E-state index is 15.3. The first kappa shape index (κ1) is 22.6. The zero-order valence-electron chi connectivity index (χ0n) is 19.2. The molecule has 180 valence electrons. The first-order valence-electron chi connectivity index (χ1n) is 11.1. The molecule has 0 aliphatic carbocycles. The van der Waals surface area contributed by atoms with Gasteiger partial charge >= 0.3 is 0 Å². The minimum atomic E-state index is -0.899. The third-order valence-electron chi connectivity index (χ3n) is 5.53. The number of nitrogens with zero attached hydrogens (tertiary/aromatic N) is 3. The van der Waals surface area contributed by atoms with Crippen LogP contribution in [0.4, 0.5) is 10.1 Å². The first-order chi connectivity index (χ1) is 17.0. The Morgan fingerprint density at radius 1 is 1.23 bits per heavy atom. The second-order valence-corrected chi connectivity index (χ2v) is 8.30. The average Bonchev–Trinajstić information content (AvgIpc) is 3.34. The van der Waals surface area contributed by atoms with Crippen molar-refractivity contribution in [3.8, 4) is 28.5 Å². The summed E-state index contributed by atoms with van der Waals surface area (Å²) in [5, 5.41) is 3.41. The van der Waals surface area contributed by atoms with E-state index in [1.165, 1.54) is 12.4 Å². The van der Waals surface area contributed by atoms with Crippen LogP contribution in [0.5, 0.6) is 17.2 Å². The largest absolute Gasteiger partial charge is 0.490 e. The molecule has 0 fully saturated rings. The number of hydrogen-bond donors (Lipinski definition) is 2. The summed E-state index contributed by atoms with van der Waals surface area (Å²) < 4.78 is 32.7. The van der Waals surface area contributed by atoms with E-state index in [9.17, 15) is 4.79 Å². The second kappa shape index (κ2) is 9.59. The Labute approximate surface area is 200 Å². The van der Waals surface area contributed by atoms with Gasteiger partial charge in [-0.3, -0.25) is 4.79 Å². The van der Waals surface area contributed by atoms with E-state index in [4.69, 9.17) is 14.2 Å². The van der Waals surface area contributed by atoms with Gasteiger partial charge in [0.2, 0.25) is 6.10 Å². The molecular formula is C25H24FN5O4. The predicted octanol–water partition coefficient (Wildman–Crippen LogP) is 3.48. The number of aromatic nitrogens is 3. The van der Waals surface area contributed by atoms with Crippen LogP contribution in [0.3, 0.4) is 0 Å². The third kappa shape index (κ3) is 4.73. The summed E-state index contributed by atoms with van der Waals surface area (Å²) in [5.74, 6) is 0.325. The van der Waals surface area contributed by atoms with Crippen molar-refractivity contribution < 1.29 is 23.4 Å². The zero-order valence-corrected chi connectivity index (χ0v) is 19.2. The number of anilines is 1. The molecule has 35 heavy (non-hydrogen) atoms. The molecule has 0 spiro atoms. The van der Waals surface area contributed by atoms with Crippen LogP contribution < -0.4 is 19.5 Å². The van der Waals surface area contributed by atoms with E-state index in [0.29, 0.717) is 47.1 Å². The van der Waals surface area contributed by atoms with Gasteiger partial charge in [0.1, 0.15) is 36.8 Å². The summed E-state index contributed by atoms with van der Waals surface area (Å²) in [7, 11) is 3.84. The Balaban J connectivity index is 1.45. The van der Waals surface area contributed by atoms with E-state index in [-0.39, 0.29) is 17.9 Å². The van der Waals surface area contributed by atoms with Crippen molar-refractivity contribution in [3.63, 3.8) is 0 Å². The number of ether oxygens (including phenoxy) is 3. The molecule has 0 saturated carbocycles. The van der Waals surface area contributed by atoms with Crippen LogP contribution in [0.15, 0.2) is 55.0 Å². The fourth-order valence-corrected chi connectivity index (χ4v) is 3.74. The van der Waals surface area contributed by atoms with Gasteiger partial charge in [0, 0.05) is 29.8 Å². The lowest BCUT2D eigenvalue weighted by molar-refractivity contribution is -0.125. The van der Waals surface area contributed by atoms with E-state index in [2.05, 4.69) is 20.3 Å². The molecule has 1 unspecified atom stereocenters. The van der Waals surface area contributed by atoms with Crippen LogP contribution in [0, 0.1) is 5.82 Å². The maximum atomic E-state index is 15.3. The Kier molecular flexibility index (Phi) is 6.19. The van der Waals surface area contributed by atoms with Crippen molar-refractivity contribution in [2.75, 3.05) is 39.2 Å². The van der Waals surface area contributed by atoms with Gasteiger partial charge in [-0.05, 0) is 38.4 Å². The number of hydrogen-bond acceptors (Lipinski definition) is 7. The SMILES string of the molecule is CN(C)CCOc1cc(-c2ncnc3[nH]ccc23)c(F)cc1NC(=O)C1COc2ccccc2O1. The Morgan fingerprint density at radius 2 is 2.06 bits per heavy atom. The van der Waals surface area contributed by atoms with Crippen LogP contribution in [-0.2, 0) is 4.79 Å². The lowest BCUT2D eigenvalue weighted by Crippen LogP contribution is -2.40. The van der Waals surface area contributed by atoms with Gasteiger partial charge in [0.05, 0.1) is 11.4 Å². The minimum absolute atomic E-state index is 0.0344. The lowest BCUT2D eigenvalue weighted by Gasteiger charge is -2.26. The molecule has 10 heteroatoms. The van der Waals surface area contributed by atoms with Crippen molar-refractivity contribution in [1.29, 1.82) is 0 Å². The second-order valence-electron chi connectivity index (χ2n) is 8.30. The van der Waals surface area contributed by atoms with Crippen molar-refractivity contribution in [2.24, 2.45) is 0 Å². The van der Waals surface area contributed by atoms with Crippen molar-refractivity contribution in [2.45, 2.75) is 6.10 Å². The molecule has 0 radical (unpaired) electrons. The van der Waals surface area contributed by atoms with Gasteiger partial charge in [-0.15, -0.1) is 0 Å². The molecule has 2 N–H and O–H groups in total. The number of aromatic amines is 1. The topological polar surface area (TPSA) is 102 Å². The number of carbonyl (C=O) groups is 1. The van der Waals surface area contributed by atoms with E-state index in [1.807, 2.05) is 25.1 Å². The number of H-pyrrole nitrogens is 1. The van der Waals surface area contributed by atoms with Crippen molar-refractivity contribution in [1.82, 2.24) is 19.9 Å². The Morgan fingerprint density at radius 3 is 2.89 bits per heavy atom. The average molecular weight is 477 g/mol. The highest BCUT2D eigenvalue weighted by atomic mass is 19.1. The molecule has 2 aromatic heterocycles. The van der Waals surface area contributed by atoms with Crippen LogP contribution >= 0.6 is 0 Å². The molecular weight excluding hydrogens is 453 g/mol. The number of fused-ring (bicyclic) bond motifs is 2. The van der Waals surface area contributed by atoms with E-state index in [1.54, 1.807) is 36.5 Å². The number of nitrogens with one attached hydrogen (secondary N) is 2. The minimum Gasteiger partial charge on any atom is -0.490 e. The highest BCUT2D eigenvalue weighted by Crippen LogP contribution is 2.36. The van der Waals surface area contributed by atoms with Crippen molar-refractivity contribution in [3.05, 3.63) is 60.8 Å². The predicted molar refractivity (Wildman–Crippen MR) is 128 cm³/mol. The fraction of sp³-hybridized carbons (Fsp3) is 0.240. The van der Waals surface area contributed by atoms with Gasteiger partial charge in [-0.1, -0.05) is 12.1 Å². The molecule has 0 saturated heterocycles. The van der Waals surface area contributed by atoms with E-state index < -0.39 is 17.8 Å². The Bertz CT molecular complexity index is 1370. The summed E-state index contributed by atoms with van der Waals surface area (Å²) in [5.41, 5.74) is 1.44. The number of benzene rings is 2. The van der Waals surface area contributed by atoms with Gasteiger partial charge in [0.15, 0.2) is 11.5 Å². The van der Waals surface area contributed by atoms with Gasteiger partial charge in [-0.25, -0.2) is 14.4 Å². The van der Waals surface area contributed by atoms with Crippen LogP contribution in [0.25, 0.3) is 22.3 Å². The number of rotatable bonds is 7. The lowest BCUT2D eigenvalue weighted by atomic mass is 10.1. The van der Waals surface area contributed by atoms with Crippen LogP contribution in [0.1, 0.15) is 0 Å². The normalized spacial score (nSPS) is 14.8. The van der Waals surface area contributed by atoms with E-state index in [0.717, 1.165) is 0 Å². The molecule has 5 rings (SSSR count). The molecule has 1 aliphatic heterocycles. The zero-order chi connectivity index (χ0) is 24.4. The molecule has 1 amide bonds. The van der Waals surface area contributed by atoms with Gasteiger partial charge in [0.25, 0.3) is 5.91 Å². The number of halogens is 1. The Hall–Kier alpha value is -4.18. The molecule has 0 bridgehead atoms. The number of carbonyl (C=O) groups excluding carboxylic acids is 1. The quantitative estimate of drug-likeness (QED) is 0.420. The van der Waals surface area contributed by atoms with Crippen LogP contribution in [0.2, 0.25) is 0 Å². The van der Waals surface area contributed by atoms with Gasteiger partial charge in [-0.2, -0.15) is 0 Å². The van der Waals surface area contributed by atoms with Gasteiger partial charge < -0.3 is 29.4 Å². The number of amides is 1. The third-order valence-corrected chi connectivity index (χ3v) is 5.53. The summed E-state index contributed by atoms with van der Waals surface area (Å²) in [4.78, 5) is 26.4. The standard InChI is InChI=1S/C25H24FN5O4/c1-31(2)9-10-33-21-11-16(23-15-7-8-27-24(15)29-14-28-23)17(26)12-18(21)30-25(32)22-13-34-19-5-3-4-6-20(19)35-22/h3-8,11-12,14,22H,9-10,13H2,1-2H3,(H,30,32)(H,27,28,29). The molecule has 2 aromatic carbocycles. The first-order valence-corrected chi connectivity index (χ1v) is 11.1. The summed E-state index contributed by atoms with van der Waals surface area (Å²) >= 11 is 0. The van der Waals surface area contributed by atoms with Crippen LogP contribution in [-0.4, -0.2) is 65.7 Å².